The van der Waals surface area contributed by atoms with Crippen LogP contribution in [-0.2, 0) is 14.3 Å². The van der Waals surface area contributed by atoms with Gasteiger partial charge in [0, 0.05) is 5.69 Å². The van der Waals surface area contributed by atoms with Gasteiger partial charge in [-0.05, 0) is 43.7 Å². The standard InChI is InChI=1S/C18H21NO4/c1-12(20)3-5-14-6-8-15(9-7-14)19-16-11-18(22)23-17(16)10-4-13(2)21/h3-10,13,16-17,19,21H,11H2,1-2H3/t13-,16-,17-/m1/s1. The lowest BCUT2D eigenvalue weighted by atomic mass is 10.1. The van der Waals surface area contributed by atoms with E-state index in [-0.39, 0.29) is 24.2 Å². The highest BCUT2D eigenvalue weighted by molar-refractivity contribution is 5.91. The number of benzene rings is 1. The van der Waals surface area contributed by atoms with Crippen LogP contribution in [0, 0.1) is 0 Å². The van der Waals surface area contributed by atoms with E-state index < -0.39 is 12.2 Å². The van der Waals surface area contributed by atoms with Crippen LogP contribution in [0.1, 0.15) is 25.8 Å². The third kappa shape index (κ3) is 5.38. The van der Waals surface area contributed by atoms with E-state index in [1.54, 1.807) is 25.2 Å². The first-order valence-corrected chi connectivity index (χ1v) is 7.55. The minimum Gasteiger partial charge on any atom is -0.456 e. The number of rotatable bonds is 6. The number of ether oxygens (including phenoxy) is 1. The molecule has 0 saturated carbocycles. The van der Waals surface area contributed by atoms with Crippen molar-refractivity contribution in [3.63, 3.8) is 0 Å². The van der Waals surface area contributed by atoms with E-state index in [0.29, 0.717) is 0 Å². The number of esters is 1. The Hall–Kier alpha value is -2.40. The lowest BCUT2D eigenvalue weighted by Crippen LogP contribution is -2.27. The lowest BCUT2D eigenvalue weighted by Gasteiger charge is -2.17. The van der Waals surface area contributed by atoms with Crippen molar-refractivity contribution < 1.29 is 19.4 Å². The van der Waals surface area contributed by atoms with Crippen LogP contribution in [-0.4, -0.2) is 35.1 Å². The summed E-state index contributed by atoms with van der Waals surface area (Å²) in [6.07, 6.45) is 5.88. The first-order valence-electron chi connectivity index (χ1n) is 7.55. The summed E-state index contributed by atoms with van der Waals surface area (Å²) in [6.45, 7) is 3.15. The number of carbonyl (C=O) groups excluding carboxylic acids is 2. The molecule has 2 N–H and O–H groups in total. The summed E-state index contributed by atoms with van der Waals surface area (Å²) in [5.74, 6) is -0.259. The molecule has 122 valence electrons. The normalized spacial score (nSPS) is 22.5. The summed E-state index contributed by atoms with van der Waals surface area (Å²) in [4.78, 5) is 22.4. The van der Waals surface area contributed by atoms with Crippen LogP contribution >= 0.6 is 0 Å². The van der Waals surface area contributed by atoms with Gasteiger partial charge in [-0.1, -0.05) is 24.3 Å². The molecule has 5 nitrogen and oxygen atoms in total. The van der Waals surface area contributed by atoms with E-state index in [1.165, 1.54) is 13.0 Å². The highest BCUT2D eigenvalue weighted by Crippen LogP contribution is 2.22. The largest absolute Gasteiger partial charge is 0.456 e. The molecule has 0 unspecified atom stereocenters. The number of hydrogen-bond acceptors (Lipinski definition) is 5. The molecule has 1 heterocycles. The molecule has 0 radical (unpaired) electrons. The summed E-state index contributed by atoms with van der Waals surface area (Å²) >= 11 is 0. The van der Waals surface area contributed by atoms with E-state index in [2.05, 4.69) is 5.32 Å². The fraction of sp³-hybridized carbons (Fsp3) is 0.333. The van der Waals surface area contributed by atoms with Crippen LogP contribution < -0.4 is 5.32 Å². The number of hydrogen-bond donors (Lipinski definition) is 2. The SMILES string of the molecule is CC(=O)C=Cc1ccc(N[C@@H]2CC(=O)O[C@@H]2C=C[C@@H](C)O)cc1. The van der Waals surface area contributed by atoms with Crippen LogP contribution in [0.5, 0.6) is 0 Å². The van der Waals surface area contributed by atoms with Crippen LogP contribution in [0.3, 0.4) is 0 Å². The number of aliphatic hydroxyl groups is 1. The fourth-order valence-corrected chi connectivity index (χ4v) is 2.27. The molecule has 5 heteroatoms. The molecule has 3 atom stereocenters. The summed E-state index contributed by atoms with van der Waals surface area (Å²) in [5, 5.41) is 12.6. The van der Waals surface area contributed by atoms with Crippen molar-refractivity contribution >= 4 is 23.5 Å². The van der Waals surface area contributed by atoms with Gasteiger partial charge in [0.25, 0.3) is 0 Å². The maximum atomic E-state index is 11.5. The third-order valence-electron chi connectivity index (χ3n) is 3.40. The van der Waals surface area contributed by atoms with Gasteiger partial charge in [-0.15, -0.1) is 0 Å². The zero-order chi connectivity index (χ0) is 16.8. The van der Waals surface area contributed by atoms with Gasteiger partial charge in [-0.2, -0.15) is 0 Å². The van der Waals surface area contributed by atoms with Crippen molar-refractivity contribution in [2.45, 2.75) is 38.5 Å². The second-order valence-electron chi connectivity index (χ2n) is 5.60. The number of cyclic esters (lactones) is 1. The van der Waals surface area contributed by atoms with Crippen molar-refractivity contribution in [2.24, 2.45) is 0 Å². The van der Waals surface area contributed by atoms with Gasteiger partial charge in [0.05, 0.1) is 18.6 Å². The Balaban J connectivity index is 2.02. The molecule has 0 aliphatic carbocycles. The number of anilines is 1. The van der Waals surface area contributed by atoms with Gasteiger partial charge in [0.1, 0.15) is 6.10 Å². The number of carbonyl (C=O) groups is 2. The smallest absolute Gasteiger partial charge is 0.308 e. The molecular weight excluding hydrogens is 294 g/mol. The summed E-state index contributed by atoms with van der Waals surface area (Å²) in [7, 11) is 0. The van der Waals surface area contributed by atoms with E-state index >= 15 is 0 Å². The van der Waals surface area contributed by atoms with Gasteiger partial charge in [-0.3, -0.25) is 9.59 Å². The van der Waals surface area contributed by atoms with E-state index in [0.717, 1.165) is 11.3 Å². The molecule has 1 aliphatic heterocycles. The monoisotopic (exact) mass is 315 g/mol. The zero-order valence-electron chi connectivity index (χ0n) is 13.2. The fourth-order valence-electron chi connectivity index (χ4n) is 2.27. The Labute approximate surface area is 135 Å². The highest BCUT2D eigenvalue weighted by atomic mass is 16.6. The summed E-state index contributed by atoms with van der Waals surface area (Å²) < 4.78 is 5.24. The Morgan fingerprint density at radius 1 is 1.39 bits per heavy atom. The number of nitrogens with one attached hydrogen (secondary N) is 1. The van der Waals surface area contributed by atoms with Gasteiger partial charge < -0.3 is 15.2 Å². The average Bonchev–Trinajstić information content (AvgIpc) is 2.84. The number of ketones is 1. The minimum atomic E-state index is -0.581. The molecule has 2 rings (SSSR count). The molecule has 1 fully saturated rings. The van der Waals surface area contributed by atoms with Crippen molar-refractivity contribution in [1.82, 2.24) is 0 Å². The highest BCUT2D eigenvalue weighted by Gasteiger charge is 2.32. The Morgan fingerprint density at radius 3 is 2.70 bits per heavy atom. The molecule has 0 aromatic heterocycles. The third-order valence-corrected chi connectivity index (χ3v) is 3.40. The van der Waals surface area contributed by atoms with Gasteiger partial charge in [-0.25, -0.2) is 0 Å². The zero-order valence-corrected chi connectivity index (χ0v) is 13.2. The van der Waals surface area contributed by atoms with Crippen molar-refractivity contribution in [2.75, 3.05) is 5.32 Å². The molecule has 0 amide bonds. The summed E-state index contributed by atoms with van der Waals surface area (Å²) in [6, 6.07) is 7.38. The second-order valence-corrected chi connectivity index (χ2v) is 5.60. The Morgan fingerprint density at radius 2 is 2.09 bits per heavy atom. The van der Waals surface area contributed by atoms with Gasteiger partial charge >= 0.3 is 5.97 Å². The predicted octanol–water partition coefficient (Wildman–Crippen LogP) is 2.32. The van der Waals surface area contributed by atoms with E-state index in [1.807, 2.05) is 24.3 Å². The van der Waals surface area contributed by atoms with Crippen molar-refractivity contribution in [1.29, 1.82) is 0 Å². The number of allylic oxidation sites excluding steroid dienone is 1. The topological polar surface area (TPSA) is 75.6 Å². The Bertz CT molecular complexity index is 616. The number of aliphatic hydroxyl groups excluding tert-OH is 1. The van der Waals surface area contributed by atoms with Crippen LogP contribution in [0.25, 0.3) is 6.08 Å². The predicted molar refractivity (Wildman–Crippen MR) is 88.9 cm³/mol. The Kier molecular flexibility index (Phi) is 5.71. The van der Waals surface area contributed by atoms with Crippen LogP contribution in [0.4, 0.5) is 5.69 Å². The average molecular weight is 315 g/mol. The molecule has 0 spiro atoms. The second kappa shape index (κ2) is 7.74. The molecule has 23 heavy (non-hydrogen) atoms. The maximum absolute atomic E-state index is 11.5. The molecule has 0 bridgehead atoms. The van der Waals surface area contributed by atoms with Gasteiger partial charge in [0.15, 0.2) is 5.78 Å². The van der Waals surface area contributed by atoms with Gasteiger partial charge in [0.2, 0.25) is 0 Å². The molecule has 1 aromatic carbocycles. The van der Waals surface area contributed by atoms with E-state index in [9.17, 15) is 14.7 Å². The molecule has 1 saturated heterocycles. The van der Waals surface area contributed by atoms with Crippen molar-refractivity contribution in [3.05, 3.63) is 48.1 Å². The molecule has 1 aromatic rings. The van der Waals surface area contributed by atoms with Crippen molar-refractivity contribution in [3.8, 4) is 0 Å². The lowest BCUT2D eigenvalue weighted by molar-refractivity contribution is -0.140. The first-order chi connectivity index (χ1) is 10.9. The molecular formula is C18H21NO4. The quantitative estimate of drug-likeness (QED) is 0.479. The summed E-state index contributed by atoms with van der Waals surface area (Å²) in [5.41, 5.74) is 1.79. The van der Waals surface area contributed by atoms with Crippen LogP contribution in [0.15, 0.2) is 42.5 Å². The van der Waals surface area contributed by atoms with E-state index in [4.69, 9.17) is 4.74 Å². The van der Waals surface area contributed by atoms with Crippen LogP contribution in [0.2, 0.25) is 0 Å². The molecule has 1 aliphatic rings. The maximum Gasteiger partial charge on any atom is 0.308 e. The first kappa shape index (κ1) is 17.0. The minimum absolute atomic E-state index is 0.00144.